The normalized spacial score (nSPS) is 29.9. The van der Waals surface area contributed by atoms with E-state index in [0.29, 0.717) is 5.57 Å². The number of nitrogens with zero attached hydrogens (tertiary/aromatic N) is 8. The Kier molecular flexibility index (Phi) is 33.9. The van der Waals surface area contributed by atoms with Gasteiger partial charge in [0, 0.05) is 76.4 Å². The van der Waals surface area contributed by atoms with Gasteiger partial charge in [0.2, 0.25) is 0 Å². The second-order valence-electron chi connectivity index (χ2n) is 28.4. The topological polar surface area (TPSA) is 634 Å². The number of hydrogen-bond acceptors (Lipinski definition) is 41. The van der Waals surface area contributed by atoms with Crippen LogP contribution in [0.5, 0.6) is 0 Å². The highest BCUT2D eigenvalue weighted by Gasteiger charge is 2.58. The number of aliphatic hydroxyl groups excluding tert-OH is 1. The van der Waals surface area contributed by atoms with Crippen LogP contribution < -0.4 is 45.2 Å². The number of aliphatic imine (C=N–C) groups is 1. The number of nitrogen functional groups attached to an aromatic ring is 1. The second-order valence-corrected chi connectivity index (χ2v) is 36.7. The van der Waals surface area contributed by atoms with Gasteiger partial charge in [0.15, 0.2) is 36.4 Å². The standard InChI is InChI=1S/C67H100N14O36P4S2/c1-12-37-45(52(102-20-15-97-9)62(110-37)79-24-33(3)58(83)76-66(79)87)114-118(89,90)105-27-39-46(51(101-19-14-96-8)49(109-39)42-35(5)60(85)75-65(86)74-42)115-119(91,92)106-28-40-47(54(104-22-17-99-11)64(113-40)81-31-72-43-56(69)70-30-71-57(43)81)116-121(94,123)108-29-41-48(53(103-21-16-98-10)63(112-41)80-25-34(4)59(84)77-67(80)88)117-120(93,122)107-26-38-44(82)50(100-18-13-95-7)61(111-38)78-23-32(2)55(68)73-36(78)6/h23-25,30-31,37-41,44-54,61-64,82H,6,12-22,26-29H2,1-5,7-11H3,(H2,68,73)(H,89,90)(H,91,92)(H,93,122)(H,94,123)(H2,69,70,71)(H,76,83,87)(H,77,84,88)(H2,74,75,85,86)/t37-,38-,39-,40-,41-,44+,45+,46+,47+,48+,49+,50?,51?,52?,53?,54?,61-,62-,63-,64-,120?,121?/m1/s1. The Balaban J connectivity index is 0.896. The molecule has 0 spiro atoms. The minimum absolute atomic E-state index is 0.0112. The summed E-state index contributed by atoms with van der Waals surface area (Å²) in [5.41, 5.74) is 7.26. The Labute approximate surface area is 709 Å². The molecule has 9 unspecified atom stereocenters. The zero-order chi connectivity index (χ0) is 89.2. The van der Waals surface area contributed by atoms with Gasteiger partial charge in [-0.25, -0.2) is 43.5 Å². The molecule has 24 atom stereocenters. The molecular weight excluding hydrogens is 1760 g/mol. The molecule has 686 valence electrons. The van der Waals surface area contributed by atoms with Crippen LogP contribution in [0.15, 0.2) is 83.0 Å². The third-order valence-corrected chi connectivity index (χ3v) is 25.2. The van der Waals surface area contributed by atoms with Gasteiger partial charge in [0.05, 0.1) is 111 Å². The van der Waals surface area contributed by atoms with E-state index in [2.05, 4.69) is 46.5 Å². The van der Waals surface area contributed by atoms with E-state index in [0.717, 1.165) is 21.7 Å². The zero-order valence-electron chi connectivity index (χ0n) is 68.0. The molecule has 56 heteroatoms. The highest BCUT2D eigenvalue weighted by Crippen LogP contribution is 2.57. The average Bonchev–Trinajstić information content (AvgIpc) is 1.68. The van der Waals surface area contributed by atoms with E-state index in [1.165, 1.54) is 78.3 Å². The first kappa shape index (κ1) is 97.4. The number of nitrogens with one attached hydrogen (secondary N) is 4. The monoisotopic (exact) mass is 1860 g/mol. The minimum atomic E-state index is -5.80. The Hall–Kier alpha value is -6.22. The average molecular weight is 1870 g/mol. The van der Waals surface area contributed by atoms with E-state index < -0.39 is 212 Å². The number of anilines is 1. The van der Waals surface area contributed by atoms with Crippen molar-refractivity contribution in [3.63, 3.8) is 0 Å². The van der Waals surface area contributed by atoms with Crippen LogP contribution in [0.3, 0.4) is 0 Å². The molecule has 5 fully saturated rings. The van der Waals surface area contributed by atoms with Crippen LogP contribution in [-0.2, 0) is 140 Å². The predicted octanol–water partition coefficient (Wildman–Crippen LogP) is -1.41. The van der Waals surface area contributed by atoms with Crippen LogP contribution in [0.1, 0.15) is 67.4 Å². The molecule has 5 aromatic heterocycles. The molecule has 0 saturated carbocycles. The number of aromatic amines is 4. The number of aryl methyl sites for hydroxylation is 2. The molecule has 11 heterocycles. The maximum absolute atomic E-state index is 15.2. The summed E-state index contributed by atoms with van der Waals surface area (Å²) in [5.74, 6) is 0.213. The van der Waals surface area contributed by atoms with Gasteiger partial charge < -0.3 is 126 Å². The van der Waals surface area contributed by atoms with Crippen LogP contribution in [0.2, 0.25) is 0 Å². The maximum atomic E-state index is 15.2. The number of imidazole rings is 1. The second kappa shape index (κ2) is 42.8. The van der Waals surface area contributed by atoms with Gasteiger partial charge in [0.25, 0.3) is 16.7 Å². The van der Waals surface area contributed by atoms with Crippen molar-refractivity contribution in [1.29, 1.82) is 0 Å². The van der Waals surface area contributed by atoms with E-state index in [-0.39, 0.29) is 124 Å². The SMILES string of the molecule is C=C1N=C(N)C(C)=CN1[C@@H]1O[C@H](COP(O)(=S)O[C@@H]2C(OCCOC)[C@H](n3cc(C)c(=O)[nH]c3=O)O[C@@H]2COP(O)(=S)O[C@@H]2C(OCCOC)[C@H](n3cnc4c(N)ncnc43)O[C@@H]2COP(=O)(O)O[C@@H]2C(OCCOC)[C@H](c3[nH]c(=O)[nH]c(=O)c3C)O[C@@H]2COP(=O)(O)O[C@@H]2C(OCCOC)[C@H](n3cc(C)c(=O)[nH]c3=O)O[C@@H]2CC)[C@H](O)C1OCCOC. The van der Waals surface area contributed by atoms with E-state index in [1.54, 1.807) is 20.0 Å². The number of methoxy groups -OCH3 is 5. The third kappa shape index (κ3) is 23.6. The largest absolute Gasteiger partial charge is 0.472 e. The summed E-state index contributed by atoms with van der Waals surface area (Å²) in [6, 6.07) is 0. The molecule has 0 bridgehead atoms. The van der Waals surface area contributed by atoms with Crippen molar-refractivity contribution in [3.8, 4) is 0 Å². The molecule has 0 aromatic carbocycles. The van der Waals surface area contributed by atoms with Crippen LogP contribution in [-0.4, -0.2) is 310 Å². The molecule has 5 saturated heterocycles. The number of aliphatic hydroxyl groups is 1. The molecule has 123 heavy (non-hydrogen) atoms. The summed E-state index contributed by atoms with van der Waals surface area (Å²) >= 11 is 11.5. The molecule has 13 N–H and O–H groups in total. The van der Waals surface area contributed by atoms with Gasteiger partial charge in [-0.05, 0) is 57.7 Å². The highest BCUT2D eigenvalue weighted by molar-refractivity contribution is 8.07. The molecule has 11 rings (SSSR count). The highest BCUT2D eigenvalue weighted by atomic mass is 32.5. The fourth-order valence-corrected chi connectivity index (χ4v) is 18.8. The first-order valence-electron chi connectivity index (χ1n) is 38.0. The number of nitrogens with two attached hydrogens (primary N) is 2. The minimum Gasteiger partial charge on any atom is -0.387 e. The molecule has 0 amide bonds. The number of phosphoric ester groups is 2. The molecule has 5 aromatic rings. The van der Waals surface area contributed by atoms with E-state index >= 15 is 4.57 Å². The Morgan fingerprint density at radius 2 is 0.927 bits per heavy atom. The van der Waals surface area contributed by atoms with Crippen molar-refractivity contribution in [2.45, 2.75) is 164 Å². The van der Waals surface area contributed by atoms with Crippen molar-refractivity contribution < 1.29 is 141 Å². The van der Waals surface area contributed by atoms with Crippen molar-refractivity contribution in [2.24, 2.45) is 10.7 Å². The lowest BCUT2D eigenvalue weighted by Crippen LogP contribution is -2.44. The van der Waals surface area contributed by atoms with Crippen molar-refractivity contribution in [2.75, 3.05) is 134 Å². The van der Waals surface area contributed by atoms with Gasteiger partial charge in [-0.15, -0.1) is 0 Å². The van der Waals surface area contributed by atoms with E-state index in [9.17, 15) is 58.0 Å². The van der Waals surface area contributed by atoms with Crippen molar-refractivity contribution in [1.82, 2.24) is 53.5 Å². The van der Waals surface area contributed by atoms with Gasteiger partial charge in [-0.3, -0.25) is 70.2 Å². The fraction of sp³-hybridized carbons (Fsp3) is 0.672. The number of amidine groups is 1. The summed E-state index contributed by atoms with van der Waals surface area (Å²) in [4.78, 5) is 155. The first-order chi connectivity index (χ1) is 58.5. The summed E-state index contributed by atoms with van der Waals surface area (Å²) in [5, 5.41) is 11.8. The van der Waals surface area contributed by atoms with Gasteiger partial charge >= 0.3 is 46.2 Å². The number of fused-ring (bicyclic) bond motifs is 1. The van der Waals surface area contributed by atoms with E-state index in [1.807, 2.05) is 0 Å². The Bertz CT molecular complexity index is 5140. The third-order valence-electron chi connectivity index (χ3n) is 20.1. The van der Waals surface area contributed by atoms with Crippen LogP contribution >= 0.6 is 29.1 Å². The van der Waals surface area contributed by atoms with Gasteiger partial charge in [-0.1, -0.05) is 13.5 Å². The number of hydrogen-bond donors (Lipinski definition) is 11. The molecule has 0 aliphatic carbocycles. The molecule has 6 aliphatic heterocycles. The van der Waals surface area contributed by atoms with Crippen molar-refractivity contribution in [3.05, 3.63) is 134 Å². The predicted molar refractivity (Wildman–Crippen MR) is 429 cm³/mol. The number of ether oxygens (including phenoxy) is 15. The summed E-state index contributed by atoms with van der Waals surface area (Å²) in [6.07, 6.45) is -24.6. The lowest BCUT2D eigenvalue weighted by molar-refractivity contribution is -0.0936. The first-order valence-corrected chi connectivity index (χ1v) is 46.1. The molecule has 50 nitrogen and oxygen atoms in total. The number of H-pyrrole nitrogens is 4. The molecule has 6 aliphatic rings. The van der Waals surface area contributed by atoms with Crippen molar-refractivity contribution >= 4 is 75.5 Å². The number of phosphoric acid groups is 2. The van der Waals surface area contributed by atoms with Crippen LogP contribution in [0, 0.1) is 20.8 Å². The quantitative estimate of drug-likeness (QED) is 0.0157. The van der Waals surface area contributed by atoms with Crippen LogP contribution in [0.4, 0.5) is 5.82 Å². The maximum Gasteiger partial charge on any atom is 0.472 e. The Morgan fingerprint density at radius 3 is 1.41 bits per heavy atom. The summed E-state index contributed by atoms with van der Waals surface area (Å²) in [7, 11) is -4.44. The number of aromatic nitrogens is 10. The molecule has 0 radical (unpaired) electrons. The van der Waals surface area contributed by atoms with E-state index in [4.69, 9.17) is 142 Å². The van der Waals surface area contributed by atoms with Gasteiger partial charge in [-0.2, -0.15) is 0 Å². The van der Waals surface area contributed by atoms with Gasteiger partial charge in [0.1, 0.15) is 115 Å². The summed E-state index contributed by atoms with van der Waals surface area (Å²) < 4.78 is 170. The van der Waals surface area contributed by atoms with Crippen LogP contribution in [0.25, 0.3) is 11.2 Å². The fourth-order valence-electron chi connectivity index (χ4n) is 14.0. The Morgan fingerprint density at radius 1 is 0.504 bits per heavy atom. The lowest BCUT2D eigenvalue weighted by Gasteiger charge is -2.33. The number of rotatable bonds is 46. The zero-order valence-corrected chi connectivity index (χ0v) is 73.2. The smallest absolute Gasteiger partial charge is 0.387 e. The lowest BCUT2D eigenvalue weighted by atomic mass is 10.0. The molecular formula is C67H100N14O36P4S2. The summed E-state index contributed by atoms with van der Waals surface area (Å²) in [6.45, 7) is -3.53.